The van der Waals surface area contributed by atoms with Crippen LogP contribution < -0.4 is 5.32 Å². The Labute approximate surface area is 128 Å². The molecule has 0 spiro atoms. The molecule has 3 heteroatoms. The lowest BCUT2D eigenvalue weighted by molar-refractivity contribution is 0.176. The minimum Gasteiger partial charge on any atom is -0.312 e. The molecule has 0 aromatic carbocycles. The van der Waals surface area contributed by atoms with E-state index in [1.807, 2.05) is 11.3 Å². The van der Waals surface area contributed by atoms with E-state index in [2.05, 4.69) is 44.0 Å². The van der Waals surface area contributed by atoms with Crippen LogP contribution in [0.3, 0.4) is 0 Å². The second-order valence-corrected chi connectivity index (χ2v) is 8.14. The van der Waals surface area contributed by atoms with Crippen molar-refractivity contribution in [1.82, 2.24) is 10.2 Å². The third-order valence-electron chi connectivity index (χ3n) is 4.06. The third kappa shape index (κ3) is 4.87. The Kier molecular flexibility index (Phi) is 6.06. The molecule has 1 N–H and O–H groups in total. The van der Waals surface area contributed by atoms with Crippen LogP contribution in [0.4, 0.5) is 0 Å². The lowest BCUT2D eigenvalue weighted by atomic mass is 10.00. The van der Waals surface area contributed by atoms with Crippen molar-refractivity contribution in [2.45, 2.75) is 53.6 Å². The van der Waals surface area contributed by atoms with Crippen molar-refractivity contribution in [2.24, 2.45) is 11.8 Å². The van der Waals surface area contributed by atoms with Gasteiger partial charge in [0.25, 0.3) is 0 Å². The summed E-state index contributed by atoms with van der Waals surface area (Å²) in [5.74, 6) is 1.60. The molecule has 20 heavy (non-hydrogen) atoms. The molecule has 1 fully saturated rings. The molecule has 0 amide bonds. The van der Waals surface area contributed by atoms with Crippen molar-refractivity contribution in [1.29, 1.82) is 0 Å². The van der Waals surface area contributed by atoms with Crippen LogP contribution >= 0.6 is 11.3 Å². The van der Waals surface area contributed by atoms with Gasteiger partial charge in [-0.05, 0) is 56.3 Å². The zero-order chi connectivity index (χ0) is 14.5. The highest BCUT2D eigenvalue weighted by Gasteiger charge is 2.17. The molecule has 0 radical (unpaired) electrons. The summed E-state index contributed by atoms with van der Waals surface area (Å²) in [5.41, 5.74) is 1.55. The van der Waals surface area contributed by atoms with Crippen molar-refractivity contribution in [3.63, 3.8) is 0 Å². The summed E-state index contributed by atoms with van der Waals surface area (Å²) in [6, 6.07) is 2.42. The fraction of sp³-hybridized carbons (Fsp3) is 0.765. The Hall–Kier alpha value is -0.380. The maximum Gasteiger partial charge on any atom is 0.0300 e. The van der Waals surface area contributed by atoms with Crippen molar-refractivity contribution in [2.75, 3.05) is 19.6 Å². The van der Waals surface area contributed by atoms with Crippen LogP contribution in [-0.2, 0) is 13.1 Å². The molecule has 2 rings (SSSR count). The summed E-state index contributed by atoms with van der Waals surface area (Å²) in [6.07, 6.45) is 2.77. The van der Waals surface area contributed by atoms with Gasteiger partial charge in [0.1, 0.15) is 0 Å². The molecule has 0 bridgehead atoms. The highest BCUT2D eigenvalue weighted by molar-refractivity contribution is 7.12. The van der Waals surface area contributed by atoms with Crippen LogP contribution in [-0.4, -0.2) is 24.5 Å². The number of rotatable bonds is 6. The Morgan fingerprint density at radius 2 is 2.25 bits per heavy atom. The van der Waals surface area contributed by atoms with Crippen LogP contribution in [0.25, 0.3) is 0 Å². The van der Waals surface area contributed by atoms with E-state index < -0.39 is 0 Å². The summed E-state index contributed by atoms with van der Waals surface area (Å²) in [4.78, 5) is 5.63. The van der Waals surface area contributed by atoms with E-state index in [9.17, 15) is 0 Å². The van der Waals surface area contributed by atoms with Gasteiger partial charge in [-0.15, -0.1) is 11.3 Å². The molecule has 0 aliphatic carbocycles. The molecule has 1 atom stereocenters. The number of hydrogen-bond acceptors (Lipinski definition) is 3. The second-order valence-electron chi connectivity index (χ2n) is 6.80. The predicted molar refractivity (Wildman–Crippen MR) is 89.3 cm³/mol. The van der Waals surface area contributed by atoms with Crippen LogP contribution in [0.5, 0.6) is 0 Å². The molecule has 1 saturated heterocycles. The van der Waals surface area contributed by atoms with Crippen molar-refractivity contribution in [3.8, 4) is 0 Å². The fourth-order valence-corrected chi connectivity index (χ4v) is 4.01. The SMILES string of the molecule is Cc1sc(CNCC(C)C)cc1CN1CCCC(C)C1. The summed E-state index contributed by atoms with van der Waals surface area (Å²) >= 11 is 1.97. The average molecular weight is 295 g/mol. The molecule has 114 valence electrons. The first-order chi connectivity index (χ1) is 9.54. The van der Waals surface area contributed by atoms with Gasteiger partial charge in [-0.3, -0.25) is 4.90 Å². The number of nitrogens with zero attached hydrogens (tertiary/aromatic N) is 1. The molecule has 1 aliphatic heterocycles. The van der Waals surface area contributed by atoms with Gasteiger partial charge in [-0.2, -0.15) is 0 Å². The Bertz CT molecular complexity index is 411. The van der Waals surface area contributed by atoms with Crippen molar-refractivity contribution >= 4 is 11.3 Å². The smallest absolute Gasteiger partial charge is 0.0300 e. The minimum atomic E-state index is 0.727. The largest absolute Gasteiger partial charge is 0.312 e. The van der Waals surface area contributed by atoms with Crippen molar-refractivity contribution in [3.05, 3.63) is 21.4 Å². The van der Waals surface area contributed by atoms with E-state index in [0.29, 0.717) is 0 Å². The highest BCUT2D eigenvalue weighted by atomic mass is 32.1. The zero-order valence-electron chi connectivity index (χ0n) is 13.5. The topological polar surface area (TPSA) is 15.3 Å². The van der Waals surface area contributed by atoms with E-state index in [1.54, 1.807) is 5.56 Å². The Morgan fingerprint density at radius 1 is 1.45 bits per heavy atom. The van der Waals surface area contributed by atoms with Crippen LogP contribution in [0.1, 0.15) is 48.9 Å². The number of piperidine rings is 1. The maximum atomic E-state index is 3.55. The van der Waals surface area contributed by atoms with Crippen LogP contribution in [0.15, 0.2) is 6.07 Å². The normalized spacial score (nSPS) is 20.8. The van der Waals surface area contributed by atoms with E-state index >= 15 is 0 Å². The first-order valence-electron chi connectivity index (χ1n) is 8.06. The zero-order valence-corrected chi connectivity index (χ0v) is 14.4. The molecule has 2 nitrogen and oxygen atoms in total. The molecular weight excluding hydrogens is 264 g/mol. The molecule has 1 aromatic heterocycles. The monoisotopic (exact) mass is 294 g/mol. The quantitative estimate of drug-likeness (QED) is 0.852. The van der Waals surface area contributed by atoms with Gasteiger partial charge in [0, 0.05) is 29.4 Å². The molecule has 1 unspecified atom stereocenters. The lowest BCUT2D eigenvalue weighted by Crippen LogP contribution is -2.33. The van der Waals surface area contributed by atoms with E-state index in [-0.39, 0.29) is 0 Å². The Balaban J connectivity index is 1.86. The third-order valence-corrected chi connectivity index (χ3v) is 5.15. The minimum absolute atomic E-state index is 0.727. The average Bonchev–Trinajstić information content (AvgIpc) is 2.69. The van der Waals surface area contributed by atoms with Gasteiger partial charge in [0.15, 0.2) is 0 Å². The van der Waals surface area contributed by atoms with Crippen LogP contribution in [0.2, 0.25) is 0 Å². The number of nitrogens with one attached hydrogen (secondary N) is 1. The summed E-state index contributed by atoms with van der Waals surface area (Å²) in [5, 5.41) is 3.55. The van der Waals surface area contributed by atoms with E-state index in [4.69, 9.17) is 0 Å². The summed E-state index contributed by atoms with van der Waals surface area (Å²) in [7, 11) is 0. The number of likely N-dealkylation sites (tertiary alicyclic amines) is 1. The number of aryl methyl sites for hydroxylation is 1. The summed E-state index contributed by atoms with van der Waals surface area (Å²) in [6.45, 7) is 15.0. The standard InChI is InChI=1S/C17H30N2S/c1-13(2)9-18-10-17-8-16(15(4)20-17)12-19-7-5-6-14(3)11-19/h8,13-14,18H,5-7,9-12H2,1-4H3. The van der Waals surface area contributed by atoms with Gasteiger partial charge in [0.05, 0.1) is 0 Å². The van der Waals surface area contributed by atoms with Gasteiger partial charge < -0.3 is 5.32 Å². The maximum absolute atomic E-state index is 3.55. The van der Waals surface area contributed by atoms with Gasteiger partial charge in [-0.1, -0.05) is 20.8 Å². The fourth-order valence-electron chi connectivity index (χ4n) is 2.99. The molecule has 0 saturated carbocycles. The van der Waals surface area contributed by atoms with Gasteiger partial charge in [0.2, 0.25) is 0 Å². The lowest BCUT2D eigenvalue weighted by Gasteiger charge is -2.30. The van der Waals surface area contributed by atoms with E-state index in [0.717, 1.165) is 31.5 Å². The number of thiophene rings is 1. The van der Waals surface area contributed by atoms with Crippen molar-refractivity contribution < 1.29 is 0 Å². The molecule has 1 aromatic rings. The molecular formula is C17H30N2S. The van der Waals surface area contributed by atoms with Gasteiger partial charge >= 0.3 is 0 Å². The predicted octanol–water partition coefficient (Wildman–Crippen LogP) is 4.03. The molecule has 1 aliphatic rings. The second kappa shape index (κ2) is 7.58. The summed E-state index contributed by atoms with van der Waals surface area (Å²) < 4.78 is 0. The van der Waals surface area contributed by atoms with Crippen LogP contribution in [0, 0.1) is 18.8 Å². The Morgan fingerprint density at radius 3 is 2.95 bits per heavy atom. The van der Waals surface area contributed by atoms with Gasteiger partial charge in [-0.25, -0.2) is 0 Å². The first-order valence-corrected chi connectivity index (χ1v) is 8.87. The highest BCUT2D eigenvalue weighted by Crippen LogP contribution is 2.25. The first kappa shape index (κ1) is 16.0. The van der Waals surface area contributed by atoms with E-state index in [1.165, 1.54) is 35.7 Å². The number of hydrogen-bond donors (Lipinski definition) is 1. The molecule has 2 heterocycles.